The van der Waals surface area contributed by atoms with E-state index in [0.717, 1.165) is 11.3 Å². The Morgan fingerprint density at radius 1 is 1.03 bits per heavy atom. The zero-order chi connectivity index (χ0) is 22.5. The van der Waals surface area contributed by atoms with Gasteiger partial charge in [0.25, 0.3) is 0 Å². The Morgan fingerprint density at radius 2 is 1.78 bits per heavy atom. The van der Waals surface area contributed by atoms with Crippen LogP contribution in [0, 0.1) is 6.92 Å². The summed E-state index contributed by atoms with van der Waals surface area (Å²) in [4.78, 5) is 25.6. The van der Waals surface area contributed by atoms with E-state index in [-0.39, 0.29) is 17.4 Å². The maximum Gasteiger partial charge on any atom is 0.234 e. The van der Waals surface area contributed by atoms with Gasteiger partial charge in [0.1, 0.15) is 0 Å². The Hall–Kier alpha value is -3.49. The summed E-state index contributed by atoms with van der Waals surface area (Å²) in [6.07, 6.45) is 0. The highest BCUT2D eigenvalue weighted by molar-refractivity contribution is 7.99. The summed E-state index contributed by atoms with van der Waals surface area (Å²) in [6, 6.07) is 21.4. The van der Waals surface area contributed by atoms with E-state index in [2.05, 4.69) is 20.8 Å². The van der Waals surface area contributed by atoms with Gasteiger partial charge in [-0.1, -0.05) is 71.4 Å². The van der Waals surface area contributed by atoms with Gasteiger partial charge in [-0.25, -0.2) is 0 Å². The number of rotatable bonds is 7. The van der Waals surface area contributed by atoms with E-state index in [4.69, 9.17) is 11.6 Å². The molecule has 1 aromatic heterocycles. The van der Waals surface area contributed by atoms with Crippen LogP contribution in [0.15, 0.2) is 78.0 Å². The molecule has 3 aromatic carbocycles. The molecular weight excluding hydrogens is 446 g/mol. The molecule has 0 unspecified atom stereocenters. The molecular formula is C23H18ClN5O2S. The number of hydrogen-bond donors (Lipinski definition) is 1. The van der Waals surface area contributed by atoms with Crippen molar-refractivity contribution < 1.29 is 9.59 Å². The number of benzene rings is 3. The molecule has 0 spiro atoms. The first kappa shape index (κ1) is 21.7. The molecule has 0 aliphatic carbocycles. The minimum absolute atomic E-state index is 0.0633. The van der Waals surface area contributed by atoms with E-state index in [1.807, 2.05) is 37.3 Å². The van der Waals surface area contributed by atoms with Gasteiger partial charge in [-0.2, -0.15) is 4.68 Å². The molecule has 0 bridgehead atoms. The second kappa shape index (κ2) is 9.76. The lowest BCUT2D eigenvalue weighted by Crippen LogP contribution is -2.17. The number of aromatic nitrogens is 4. The number of thioether (sulfide) groups is 1. The Bertz CT molecular complexity index is 1260. The smallest absolute Gasteiger partial charge is 0.234 e. The number of carbonyl (C=O) groups is 2. The van der Waals surface area contributed by atoms with Crippen LogP contribution in [0.4, 0.5) is 5.69 Å². The third-order valence-corrected chi connectivity index (χ3v) is 5.74. The van der Waals surface area contributed by atoms with Gasteiger partial charge in [-0.3, -0.25) is 9.59 Å². The number of nitrogens with zero attached hydrogens (tertiary/aromatic N) is 4. The van der Waals surface area contributed by atoms with Gasteiger partial charge in [-0.15, -0.1) is 5.10 Å². The Morgan fingerprint density at radius 3 is 2.53 bits per heavy atom. The number of amides is 1. The lowest BCUT2D eigenvalue weighted by molar-refractivity contribution is -0.113. The number of tetrazole rings is 1. The first-order valence-corrected chi connectivity index (χ1v) is 11.0. The fourth-order valence-electron chi connectivity index (χ4n) is 2.99. The lowest BCUT2D eigenvalue weighted by atomic mass is 10.0. The van der Waals surface area contributed by atoms with Crippen molar-refractivity contribution in [1.82, 2.24) is 20.2 Å². The fourth-order valence-corrected chi connectivity index (χ4v) is 3.85. The largest absolute Gasteiger partial charge is 0.325 e. The van der Waals surface area contributed by atoms with E-state index in [9.17, 15) is 9.59 Å². The summed E-state index contributed by atoms with van der Waals surface area (Å²) < 4.78 is 1.57. The highest BCUT2D eigenvalue weighted by Gasteiger charge is 2.17. The molecule has 4 rings (SSSR count). The van der Waals surface area contributed by atoms with Gasteiger partial charge in [0.15, 0.2) is 5.78 Å². The van der Waals surface area contributed by atoms with Crippen LogP contribution in [0.2, 0.25) is 5.02 Å². The van der Waals surface area contributed by atoms with Crippen LogP contribution in [0.5, 0.6) is 0 Å². The summed E-state index contributed by atoms with van der Waals surface area (Å²) in [7, 11) is 0. The second-order valence-electron chi connectivity index (χ2n) is 6.93. The molecule has 1 N–H and O–H groups in total. The first-order chi connectivity index (χ1) is 15.5. The SMILES string of the molecule is Cc1ccc(-n2nnnc2SCC(=O)Nc2ccc(Cl)cc2C(=O)c2ccccc2)cc1. The molecule has 0 saturated carbocycles. The number of carbonyl (C=O) groups excluding carboxylic acids is 2. The van der Waals surface area contributed by atoms with Crippen LogP contribution in [-0.2, 0) is 4.79 Å². The van der Waals surface area contributed by atoms with Crippen LogP contribution in [0.3, 0.4) is 0 Å². The highest BCUT2D eigenvalue weighted by atomic mass is 35.5. The summed E-state index contributed by atoms with van der Waals surface area (Å²) >= 11 is 7.30. The van der Waals surface area contributed by atoms with Crippen molar-refractivity contribution in [2.45, 2.75) is 12.1 Å². The Labute approximate surface area is 193 Å². The Kier molecular flexibility index (Phi) is 6.63. The second-order valence-corrected chi connectivity index (χ2v) is 8.31. The molecule has 1 heterocycles. The van der Waals surface area contributed by atoms with Crippen molar-refractivity contribution in [3.8, 4) is 5.69 Å². The van der Waals surface area contributed by atoms with Crippen LogP contribution in [0.1, 0.15) is 21.5 Å². The molecule has 32 heavy (non-hydrogen) atoms. The number of anilines is 1. The average molecular weight is 464 g/mol. The van der Waals surface area contributed by atoms with Crippen LogP contribution in [0.25, 0.3) is 5.69 Å². The van der Waals surface area contributed by atoms with Crippen molar-refractivity contribution >= 4 is 40.7 Å². The normalized spacial score (nSPS) is 10.7. The summed E-state index contributed by atoms with van der Waals surface area (Å²) in [5.41, 5.74) is 3.16. The fraction of sp³-hybridized carbons (Fsp3) is 0.0870. The van der Waals surface area contributed by atoms with E-state index in [0.29, 0.717) is 27.0 Å². The first-order valence-electron chi connectivity index (χ1n) is 9.68. The third kappa shape index (κ3) is 5.04. The molecule has 7 nitrogen and oxygen atoms in total. The molecule has 0 saturated heterocycles. The topological polar surface area (TPSA) is 89.8 Å². The number of halogens is 1. The number of aryl methyl sites for hydroxylation is 1. The van der Waals surface area contributed by atoms with Gasteiger partial charge in [0.05, 0.1) is 17.1 Å². The maximum atomic E-state index is 12.9. The number of hydrogen-bond acceptors (Lipinski definition) is 6. The third-order valence-electron chi connectivity index (χ3n) is 4.59. The standard InChI is InChI=1S/C23H18ClN5O2S/c1-15-7-10-18(11-8-15)29-23(26-27-28-29)32-14-21(30)25-20-12-9-17(24)13-19(20)22(31)16-5-3-2-4-6-16/h2-13H,14H2,1H3,(H,25,30). The minimum Gasteiger partial charge on any atom is -0.325 e. The molecule has 1 amide bonds. The quantitative estimate of drug-likeness (QED) is 0.318. The van der Waals surface area contributed by atoms with Gasteiger partial charge in [0, 0.05) is 16.1 Å². The molecule has 0 aliphatic heterocycles. The van der Waals surface area contributed by atoms with Gasteiger partial charge >= 0.3 is 0 Å². The molecule has 160 valence electrons. The van der Waals surface area contributed by atoms with Crippen LogP contribution >= 0.6 is 23.4 Å². The summed E-state index contributed by atoms with van der Waals surface area (Å²) in [5, 5.41) is 15.4. The Balaban J connectivity index is 1.47. The highest BCUT2D eigenvalue weighted by Crippen LogP contribution is 2.25. The van der Waals surface area contributed by atoms with Crippen molar-refractivity contribution in [2.75, 3.05) is 11.1 Å². The molecule has 0 fully saturated rings. The molecule has 4 aromatic rings. The maximum absolute atomic E-state index is 12.9. The number of ketones is 1. The summed E-state index contributed by atoms with van der Waals surface area (Å²) in [5.74, 6) is -0.453. The van der Waals surface area contributed by atoms with E-state index in [1.165, 1.54) is 11.8 Å². The average Bonchev–Trinajstić information content (AvgIpc) is 3.28. The van der Waals surface area contributed by atoms with Gasteiger partial charge in [-0.05, 0) is 47.7 Å². The lowest BCUT2D eigenvalue weighted by Gasteiger charge is -2.11. The molecule has 0 aliphatic rings. The van der Waals surface area contributed by atoms with Crippen molar-refractivity contribution in [2.24, 2.45) is 0 Å². The van der Waals surface area contributed by atoms with Gasteiger partial charge < -0.3 is 5.32 Å². The van der Waals surface area contributed by atoms with Crippen LogP contribution < -0.4 is 5.32 Å². The van der Waals surface area contributed by atoms with Crippen LogP contribution in [-0.4, -0.2) is 37.7 Å². The van der Waals surface area contributed by atoms with E-state index in [1.54, 1.807) is 47.1 Å². The zero-order valence-electron chi connectivity index (χ0n) is 17.0. The molecule has 9 heteroatoms. The molecule has 0 radical (unpaired) electrons. The summed E-state index contributed by atoms with van der Waals surface area (Å²) in [6.45, 7) is 2.00. The predicted molar refractivity (Wildman–Crippen MR) is 125 cm³/mol. The van der Waals surface area contributed by atoms with Gasteiger partial charge in [0.2, 0.25) is 11.1 Å². The van der Waals surface area contributed by atoms with E-state index < -0.39 is 0 Å². The monoisotopic (exact) mass is 463 g/mol. The van der Waals surface area contributed by atoms with Crippen molar-refractivity contribution in [3.05, 3.63) is 94.5 Å². The zero-order valence-corrected chi connectivity index (χ0v) is 18.6. The van der Waals surface area contributed by atoms with Crippen molar-refractivity contribution in [3.63, 3.8) is 0 Å². The number of nitrogens with one attached hydrogen (secondary N) is 1. The predicted octanol–water partition coefficient (Wildman–Crippen LogP) is 4.59. The molecule has 0 atom stereocenters. The van der Waals surface area contributed by atoms with Crippen molar-refractivity contribution in [1.29, 1.82) is 0 Å². The van der Waals surface area contributed by atoms with E-state index >= 15 is 0 Å². The minimum atomic E-state index is -0.294.